The normalized spacial score (nSPS) is 14.7. The fourth-order valence-corrected chi connectivity index (χ4v) is 5.10. The van der Waals surface area contributed by atoms with E-state index in [0.717, 1.165) is 5.56 Å². The number of phenols is 2. The van der Waals surface area contributed by atoms with Gasteiger partial charge in [-0.05, 0) is 48.0 Å². The highest BCUT2D eigenvalue weighted by molar-refractivity contribution is 6.14. The van der Waals surface area contributed by atoms with E-state index < -0.39 is 10.3 Å². The molecule has 2 aliphatic rings. The number of fused-ring (bicyclic) bond motifs is 6. The molecule has 6 rings (SSSR count). The van der Waals surface area contributed by atoms with Crippen LogP contribution in [0.15, 0.2) is 84.9 Å². The third-order valence-electron chi connectivity index (χ3n) is 6.61. The maximum atomic E-state index is 14.5. The van der Waals surface area contributed by atoms with E-state index in [4.69, 9.17) is 4.74 Å². The van der Waals surface area contributed by atoms with E-state index in [1.54, 1.807) is 29.2 Å². The molecule has 4 aromatic carbocycles. The second-order valence-electron chi connectivity index (χ2n) is 8.54. The molecule has 0 unspecified atom stereocenters. The van der Waals surface area contributed by atoms with Crippen molar-refractivity contribution < 1.29 is 24.7 Å². The van der Waals surface area contributed by atoms with Crippen molar-refractivity contribution in [3.05, 3.63) is 117 Å². The second kappa shape index (κ2) is 7.33. The lowest BCUT2D eigenvalue weighted by Gasteiger charge is -2.36. The van der Waals surface area contributed by atoms with Crippen molar-refractivity contribution in [3.63, 3.8) is 0 Å². The largest absolute Gasteiger partial charge is 0.508 e. The maximum absolute atomic E-state index is 14.5. The predicted molar refractivity (Wildman–Crippen MR) is 127 cm³/mol. The van der Waals surface area contributed by atoms with Crippen LogP contribution in [0.2, 0.25) is 0 Å². The Morgan fingerprint density at radius 3 is 2.03 bits per heavy atom. The maximum Gasteiger partial charge on any atom is 0.269 e. The van der Waals surface area contributed by atoms with Gasteiger partial charge in [-0.2, -0.15) is 0 Å². The van der Waals surface area contributed by atoms with Gasteiger partial charge in [0.1, 0.15) is 28.4 Å². The van der Waals surface area contributed by atoms with Gasteiger partial charge < -0.3 is 19.8 Å². The third-order valence-corrected chi connectivity index (χ3v) is 6.61. The molecule has 2 heterocycles. The van der Waals surface area contributed by atoms with E-state index in [1.807, 2.05) is 24.3 Å². The average Bonchev–Trinajstić information content (AvgIpc) is 3.09. The van der Waals surface area contributed by atoms with Crippen molar-refractivity contribution in [2.45, 2.75) is 12.0 Å². The number of aromatic hydroxyl groups is 2. The minimum Gasteiger partial charge on any atom is -0.508 e. The van der Waals surface area contributed by atoms with Crippen LogP contribution in [0.5, 0.6) is 23.0 Å². The first-order valence-electron chi connectivity index (χ1n) is 10.9. The van der Waals surface area contributed by atoms with Gasteiger partial charge >= 0.3 is 0 Å². The Balaban J connectivity index is 1.58. The topological polar surface area (TPSA) is 113 Å². The number of benzene rings is 4. The Kier molecular flexibility index (Phi) is 4.34. The molecule has 8 nitrogen and oxygen atoms in total. The van der Waals surface area contributed by atoms with E-state index in [9.17, 15) is 25.1 Å². The van der Waals surface area contributed by atoms with Crippen molar-refractivity contribution in [3.8, 4) is 23.0 Å². The number of anilines is 1. The number of rotatable bonds is 3. The average molecular weight is 466 g/mol. The number of hydrogen-bond acceptors (Lipinski definition) is 6. The van der Waals surface area contributed by atoms with E-state index in [0.29, 0.717) is 33.9 Å². The summed E-state index contributed by atoms with van der Waals surface area (Å²) in [4.78, 5) is 26.7. The molecule has 0 aliphatic carbocycles. The van der Waals surface area contributed by atoms with Gasteiger partial charge in [-0.25, -0.2) is 0 Å². The van der Waals surface area contributed by atoms with E-state index in [2.05, 4.69) is 0 Å². The summed E-state index contributed by atoms with van der Waals surface area (Å²) >= 11 is 0. The van der Waals surface area contributed by atoms with Crippen molar-refractivity contribution >= 4 is 17.3 Å². The standard InChI is InChI=1S/C27H18N2O6/c30-18-9-11-24-21(13-18)27(22-14-19(31)10-12-25(22)35-24)20-3-1-2-4-23(20)28(26(27)32)15-16-5-7-17(8-6-16)29(33)34/h1-14,30-31H,15H2. The lowest BCUT2D eigenvalue weighted by molar-refractivity contribution is -0.384. The Labute approximate surface area is 199 Å². The molecule has 1 spiro atoms. The van der Waals surface area contributed by atoms with Crippen LogP contribution in [-0.4, -0.2) is 21.0 Å². The summed E-state index contributed by atoms with van der Waals surface area (Å²) in [6.07, 6.45) is 0. The summed E-state index contributed by atoms with van der Waals surface area (Å²) in [5, 5.41) is 31.8. The molecule has 0 radical (unpaired) electrons. The Hall–Kier alpha value is -4.85. The lowest BCUT2D eigenvalue weighted by Crippen LogP contribution is -2.43. The number of nitro benzene ring substituents is 1. The highest BCUT2D eigenvalue weighted by atomic mass is 16.6. The number of phenolic OH excluding ortho intramolecular Hbond substituents is 2. The molecule has 172 valence electrons. The minimum atomic E-state index is -1.36. The number of hydrogen-bond donors (Lipinski definition) is 2. The van der Waals surface area contributed by atoms with Gasteiger partial charge in [-0.1, -0.05) is 30.3 Å². The second-order valence-corrected chi connectivity index (χ2v) is 8.54. The molecule has 35 heavy (non-hydrogen) atoms. The van der Waals surface area contributed by atoms with E-state index in [1.165, 1.54) is 36.4 Å². The van der Waals surface area contributed by atoms with Crippen LogP contribution in [0.3, 0.4) is 0 Å². The molecule has 0 fully saturated rings. The molecule has 0 atom stereocenters. The number of carbonyl (C=O) groups excluding carboxylic acids is 1. The van der Waals surface area contributed by atoms with Crippen LogP contribution >= 0.6 is 0 Å². The number of nitrogens with zero attached hydrogens (tertiary/aromatic N) is 2. The summed E-state index contributed by atoms with van der Waals surface area (Å²) in [5.74, 6) is 0.547. The fraction of sp³-hybridized carbons (Fsp3) is 0.0741. The van der Waals surface area contributed by atoms with Gasteiger partial charge in [0.25, 0.3) is 5.69 Å². The van der Waals surface area contributed by atoms with Gasteiger partial charge in [0.05, 0.1) is 11.5 Å². The summed E-state index contributed by atoms with van der Waals surface area (Å²) in [6, 6.07) is 22.7. The zero-order valence-corrected chi connectivity index (χ0v) is 18.2. The lowest BCUT2D eigenvalue weighted by atomic mass is 9.68. The zero-order valence-electron chi connectivity index (χ0n) is 18.2. The highest BCUT2D eigenvalue weighted by Crippen LogP contribution is 2.59. The van der Waals surface area contributed by atoms with Crippen LogP contribution in [0.25, 0.3) is 0 Å². The van der Waals surface area contributed by atoms with Gasteiger partial charge in [0.15, 0.2) is 0 Å². The molecule has 0 bridgehead atoms. The number of ether oxygens (including phenoxy) is 1. The smallest absolute Gasteiger partial charge is 0.269 e. The molecular formula is C27H18N2O6. The van der Waals surface area contributed by atoms with Crippen LogP contribution in [0.4, 0.5) is 11.4 Å². The number of nitro groups is 1. The molecule has 4 aromatic rings. The summed E-state index contributed by atoms with van der Waals surface area (Å²) in [7, 11) is 0. The van der Waals surface area contributed by atoms with Crippen molar-refractivity contribution in [2.75, 3.05) is 4.90 Å². The Morgan fingerprint density at radius 2 is 1.43 bits per heavy atom. The van der Waals surface area contributed by atoms with Gasteiger partial charge in [-0.3, -0.25) is 14.9 Å². The van der Waals surface area contributed by atoms with Crippen LogP contribution < -0.4 is 9.64 Å². The molecule has 0 saturated heterocycles. The van der Waals surface area contributed by atoms with Gasteiger partial charge in [-0.15, -0.1) is 0 Å². The van der Waals surface area contributed by atoms with Crippen LogP contribution in [0, 0.1) is 10.1 Å². The van der Waals surface area contributed by atoms with Crippen LogP contribution in [0.1, 0.15) is 22.3 Å². The van der Waals surface area contributed by atoms with E-state index in [-0.39, 0.29) is 29.6 Å². The first kappa shape index (κ1) is 20.7. The molecule has 2 aliphatic heterocycles. The molecule has 8 heteroatoms. The van der Waals surface area contributed by atoms with Crippen LogP contribution in [-0.2, 0) is 16.8 Å². The summed E-state index contributed by atoms with van der Waals surface area (Å²) in [5.41, 5.74) is 1.62. The van der Waals surface area contributed by atoms with Crippen molar-refractivity contribution in [1.82, 2.24) is 0 Å². The summed E-state index contributed by atoms with van der Waals surface area (Å²) < 4.78 is 6.07. The first-order chi connectivity index (χ1) is 16.9. The zero-order chi connectivity index (χ0) is 24.3. The van der Waals surface area contributed by atoms with Gasteiger partial charge in [0, 0.05) is 34.5 Å². The number of para-hydroxylation sites is 1. The fourth-order valence-electron chi connectivity index (χ4n) is 5.10. The quantitative estimate of drug-likeness (QED) is 0.325. The molecule has 0 saturated carbocycles. The minimum absolute atomic E-state index is 0.0190. The number of carbonyl (C=O) groups is 1. The monoisotopic (exact) mass is 466 g/mol. The third kappa shape index (κ3) is 2.90. The molecule has 1 amide bonds. The molecular weight excluding hydrogens is 448 g/mol. The van der Waals surface area contributed by atoms with Crippen molar-refractivity contribution in [2.24, 2.45) is 0 Å². The first-order valence-corrected chi connectivity index (χ1v) is 10.9. The Bertz CT molecular complexity index is 1480. The molecule has 2 N–H and O–H groups in total. The van der Waals surface area contributed by atoms with Gasteiger partial charge in [0.2, 0.25) is 5.91 Å². The highest BCUT2D eigenvalue weighted by Gasteiger charge is 2.57. The molecule has 0 aromatic heterocycles. The Morgan fingerprint density at radius 1 is 0.829 bits per heavy atom. The number of non-ortho nitro benzene ring substituents is 1. The predicted octanol–water partition coefficient (Wildman–Crippen LogP) is 4.99. The summed E-state index contributed by atoms with van der Waals surface area (Å²) in [6.45, 7) is 0.179. The van der Waals surface area contributed by atoms with Crippen molar-refractivity contribution in [1.29, 1.82) is 0 Å². The van der Waals surface area contributed by atoms with E-state index >= 15 is 0 Å². The SMILES string of the molecule is O=C1N(Cc2ccc([N+](=O)[O-])cc2)c2ccccc2C12c1cc(O)ccc1Oc1ccc(O)cc12. The number of amides is 1.